The van der Waals surface area contributed by atoms with Crippen LogP contribution >= 0.6 is 0 Å². The number of rotatable bonds is 5. The van der Waals surface area contributed by atoms with Crippen LogP contribution in [0.1, 0.15) is 45.6 Å². The Hall–Kier alpha value is -4.06. The van der Waals surface area contributed by atoms with E-state index in [0.717, 1.165) is 41.8 Å². The fourth-order valence-corrected chi connectivity index (χ4v) is 4.83. The van der Waals surface area contributed by atoms with Gasteiger partial charge in [-0.15, -0.1) is 0 Å². The van der Waals surface area contributed by atoms with Crippen LogP contribution in [0.5, 0.6) is 0 Å². The average Bonchev–Trinajstić information content (AvgIpc) is 2.83. The highest BCUT2D eigenvalue weighted by molar-refractivity contribution is 5.94. The molecule has 0 amide bonds. The van der Waals surface area contributed by atoms with E-state index in [9.17, 15) is 14.7 Å². The minimum Gasteiger partial charge on any atom is -0.478 e. The number of aromatic nitrogens is 1. The number of anilines is 2. The summed E-state index contributed by atoms with van der Waals surface area (Å²) in [4.78, 5) is 27.1. The Morgan fingerprint density at radius 1 is 1.03 bits per heavy atom. The predicted molar refractivity (Wildman–Crippen MR) is 135 cm³/mol. The van der Waals surface area contributed by atoms with Gasteiger partial charge in [-0.3, -0.25) is 9.20 Å². The number of nitrogens with one attached hydrogen (secondary N) is 1. The van der Waals surface area contributed by atoms with Crippen molar-refractivity contribution in [3.63, 3.8) is 0 Å². The van der Waals surface area contributed by atoms with Crippen molar-refractivity contribution in [2.24, 2.45) is 0 Å². The number of hydrogen-bond acceptors (Lipinski definition) is 4. The number of aryl methyl sites for hydroxylation is 1. The van der Waals surface area contributed by atoms with Gasteiger partial charge < -0.3 is 15.3 Å². The van der Waals surface area contributed by atoms with E-state index in [1.807, 2.05) is 26.1 Å². The Labute approximate surface area is 198 Å². The second-order valence-electron chi connectivity index (χ2n) is 8.94. The number of pyridine rings is 2. The number of hydrogen-bond donors (Lipinski definition) is 2. The van der Waals surface area contributed by atoms with Gasteiger partial charge in [0.2, 0.25) is 0 Å². The van der Waals surface area contributed by atoms with Crippen molar-refractivity contribution < 1.29 is 9.90 Å². The molecule has 3 heterocycles. The molecule has 0 bridgehead atoms. The van der Waals surface area contributed by atoms with Gasteiger partial charge in [-0.1, -0.05) is 42.5 Å². The van der Waals surface area contributed by atoms with Crippen LogP contribution in [-0.4, -0.2) is 22.0 Å². The highest BCUT2D eigenvalue weighted by Gasteiger charge is 2.20. The molecule has 0 fully saturated rings. The number of carboxylic acid groups (broad SMARTS) is 1. The minimum absolute atomic E-state index is 0.0746. The van der Waals surface area contributed by atoms with Gasteiger partial charge in [-0.25, -0.2) is 4.79 Å². The third kappa shape index (κ3) is 4.03. The Morgan fingerprint density at radius 3 is 2.56 bits per heavy atom. The van der Waals surface area contributed by atoms with Crippen molar-refractivity contribution in [1.29, 1.82) is 0 Å². The number of aromatic carboxylic acids is 1. The molecule has 4 aromatic rings. The number of carboxylic acids is 1. The van der Waals surface area contributed by atoms with Crippen LogP contribution in [-0.2, 0) is 13.0 Å². The molecule has 1 aliphatic heterocycles. The lowest BCUT2D eigenvalue weighted by atomic mass is 9.99. The van der Waals surface area contributed by atoms with Crippen molar-refractivity contribution in [2.45, 2.75) is 32.9 Å². The predicted octanol–water partition coefficient (Wildman–Crippen LogP) is 5.04. The van der Waals surface area contributed by atoms with E-state index in [2.05, 4.69) is 46.6 Å². The molecule has 0 saturated carbocycles. The zero-order valence-corrected chi connectivity index (χ0v) is 19.3. The van der Waals surface area contributed by atoms with Crippen molar-refractivity contribution >= 4 is 22.9 Å². The zero-order chi connectivity index (χ0) is 23.8. The van der Waals surface area contributed by atoms with E-state index in [1.54, 1.807) is 28.7 Å². The smallest absolute Gasteiger partial charge is 0.337 e. The summed E-state index contributed by atoms with van der Waals surface area (Å²) in [7, 11) is 0. The summed E-state index contributed by atoms with van der Waals surface area (Å²) in [5, 5.41) is 12.9. The highest BCUT2D eigenvalue weighted by atomic mass is 16.4. The number of nitrogens with zero attached hydrogens (tertiary/aromatic N) is 2. The number of fused-ring (bicyclic) bond motifs is 2. The molecule has 0 saturated heterocycles. The first-order valence-electron chi connectivity index (χ1n) is 11.5. The van der Waals surface area contributed by atoms with Crippen LogP contribution in [0.15, 0.2) is 77.7 Å². The average molecular weight is 454 g/mol. The van der Waals surface area contributed by atoms with Gasteiger partial charge in [-0.2, -0.15) is 0 Å². The lowest BCUT2D eigenvalue weighted by molar-refractivity contribution is 0.0698. The Bertz CT molecular complexity index is 1460. The fraction of sp³-hybridized carbons (Fsp3) is 0.214. The third-order valence-corrected chi connectivity index (χ3v) is 6.56. The maximum atomic E-state index is 13.2. The highest BCUT2D eigenvalue weighted by Crippen LogP contribution is 2.29. The molecule has 0 unspecified atom stereocenters. The summed E-state index contributed by atoms with van der Waals surface area (Å²) in [6.07, 6.45) is 2.80. The summed E-state index contributed by atoms with van der Waals surface area (Å²) in [5.41, 5.74) is 6.98. The van der Waals surface area contributed by atoms with Gasteiger partial charge in [-0.05, 0) is 60.7 Å². The van der Waals surface area contributed by atoms with Gasteiger partial charge in [0, 0.05) is 36.7 Å². The van der Waals surface area contributed by atoms with Crippen LogP contribution in [0.3, 0.4) is 0 Å². The second kappa shape index (κ2) is 8.71. The Balaban J connectivity index is 1.56. The number of carbonyl (C=O) groups is 1. The largest absolute Gasteiger partial charge is 0.478 e. The molecule has 1 atom stereocenters. The van der Waals surface area contributed by atoms with E-state index < -0.39 is 5.97 Å². The number of para-hydroxylation sites is 1. The first kappa shape index (κ1) is 21.8. The van der Waals surface area contributed by atoms with Gasteiger partial charge in [0.15, 0.2) is 0 Å². The maximum Gasteiger partial charge on any atom is 0.337 e. The molecule has 0 spiro atoms. The van der Waals surface area contributed by atoms with Crippen LogP contribution in [0.4, 0.5) is 11.4 Å². The topological polar surface area (TPSA) is 74.0 Å². The van der Waals surface area contributed by atoms with Crippen molar-refractivity contribution in [2.75, 3.05) is 16.8 Å². The standard InChI is InChI=1S/C28H27N3O3/c1-18-13-24(19(2)29-25-10-6-5-9-23(25)28(33)34)26-14-22(15-27(32)31(26)16-18)30-12-11-20-7-3-4-8-21(20)17-30/h3-10,13-16,19,29H,11-12,17H2,1-2H3,(H,33,34)/t19-/m0/s1. The molecule has 5 rings (SSSR count). The maximum absolute atomic E-state index is 13.2. The molecule has 172 valence electrons. The van der Waals surface area contributed by atoms with Gasteiger partial charge in [0.1, 0.15) is 0 Å². The molecule has 6 heteroatoms. The van der Waals surface area contributed by atoms with Gasteiger partial charge in [0.05, 0.1) is 17.1 Å². The first-order chi connectivity index (χ1) is 16.4. The minimum atomic E-state index is -0.978. The fourth-order valence-electron chi connectivity index (χ4n) is 4.83. The van der Waals surface area contributed by atoms with Crippen LogP contribution < -0.4 is 15.8 Å². The molecule has 6 nitrogen and oxygen atoms in total. The lowest BCUT2D eigenvalue weighted by Crippen LogP contribution is -2.31. The SMILES string of the molecule is Cc1cc([C@H](C)Nc2ccccc2C(=O)O)c2cc(N3CCc4ccccc4C3)cc(=O)n2c1. The monoisotopic (exact) mass is 453 g/mol. The van der Waals surface area contributed by atoms with E-state index in [1.165, 1.54) is 11.1 Å². The normalized spacial score (nSPS) is 14.0. The van der Waals surface area contributed by atoms with E-state index in [-0.39, 0.29) is 17.2 Å². The molecular weight excluding hydrogens is 426 g/mol. The Morgan fingerprint density at radius 2 is 1.76 bits per heavy atom. The molecule has 2 aromatic heterocycles. The molecule has 0 aliphatic carbocycles. The van der Waals surface area contributed by atoms with E-state index >= 15 is 0 Å². The van der Waals surface area contributed by atoms with Crippen LogP contribution in [0, 0.1) is 6.92 Å². The Kier molecular flexibility index (Phi) is 5.57. The van der Waals surface area contributed by atoms with E-state index in [0.29, 0.717) is 5.69 Å². The molecule has 2 aromatic carbocycles. The molecule has 1 aliphatic rings. The van der Waals surface area contributed by atoms with Crippen LogP contribution in [0.2, 0.25) is 0 Å². The number of benzene rings is 2. The molecule has 2 N–H and O–H groups in total. The van der Waals surface area contributed by atoms with Crippen molar-refractivity contribution in [3.05, 3.63) is 111 Å². The summed E-state index contributed by atoms with van der Waals surface area (Å²) >= 11 is 0. The molecule has 0 radical (unpaired) electrons. The van der Waals surface area contributed by atoms with E-state index in [4.69, 9.17) is 0 Å². The van der Waals surface area contributed by atoms with Crippen LogP contribution in [0.25, 0.3) is 5.52 Å². The van der Waals surface area contributed by atoms with Crippen molar-refractivity contribution in [1.82, 2.24) is 4.40 Å². The lowest BCUT2D eigenvalue weighted by Gasteiger charge is -2.31. The molecule has 34 heavy (non-hydrogen) atoms. The first-order valence-corrected chi connectivity index (χ1v) is 11.5. The zero-order valence-electron chi connectivity index (χ0n) is 19.3. The quantitative estimate of drug-likeness (QED) is 0.443. The summed E-state index contributed by atoms with van der Waals surface area (Å²) in [6.45, 7) is 5.57. The molecular formula is C28H27N3O3. The van der Waals surface area contributed by atoms with Gasteiger partial charge >= 0.3 is 5.97 Å². The second-order valence-corrected chi connectivity index (χ2v) is 8.94. The summed E-state index contributed by atoms with van der Waals surface area (Å²) in [6, 6.07) is 21.0. The summed E-state index contributed by atoms with van der Waals surface area (Å²) < 4.78 is 1.69. The third-order valence-electron chi connectivity index (χ3n) is 6.56. The summed E-state index contributed by atoms with van der Waals surface area (Å²) in [5.74, 6) is -0.978. The van der Waals surface area contributed by atoms with Gasteiger partial charge in [0.25, 0.3) is 5.56 Å². The van der Waals surface area contributed by atoms with Crippen molar-refractivity contribution in [3.8, 4) is 0 Å².